The molecule has 1 unspecified atom stereocenters. The Morgan fingerprint density at radius 3 is 2.75 bits per heavy atom. The largest absolute Gasteiger partial charge is 0.377 e. The molecule has 1 N–H and O–H groups in total. The summed E-state index contributed by atoms with van der Waals surface area (Å²) < 4.78 is 13.2. The summed E-state index contributed by atoms with van der Waals surface area (Å²) in [7, 11) is 0. The normalized spacial score (nSPS) is 11.9. The van der Waals surface area contributed by atoms with E-state index in [9.17, 15) is 14.5 Å². The van der Waals surface area contributed by atoms with E-state index in [4.69, 9.17) is 11.6 Å². The maximum atomic E-state index is 13.2. The van der Waals surface area contributed by atoms with Gasteiger partial charge in [-0.2, -0.15) is 0 Å². The van der Waals surface area contributed by atoms with Crippen LogP contribution in [-0.2, 0) is 0 Å². The Kier molecular flexibility index (Phi) is 4.20. The number of nitro benzene ring substituents is 1. The molecular weight excluding hydrogens is 283 g/mol. The monoisotopic (exact) mass is 294 g/mol. The highest BCUT2D eigenvalue weighted by Crippen LogP contribution is 2.28. The highest BCUT2D eigenvalue weighted by Gasteiger charge is 2.12. The van der Waals surface area contributed by atoms with Crippen LogP contribution in [0.1, 0.15) is 18.5 Å². The summed E-state index contributed by atoms with van der Waals surface area (Å²) in [5, 5.41) is 14.2. The van der Waals surface area contributed by atoms with Crippen molar-refractivity contribution >= 4 is 23.0 Å². The molecule has 0 aliphatic carbocycles. The van der Waals surface area contributed by atoms with Crippen molar-refractivity contribution in [2.45, 2.75) is 13.0 Å². The lowest BCUT2D eigenvalue weighted by Crippen LogP contribution is -2.07. The minimum atomic E-state index is -0.453. The first kappa shape index (κ1) is 14.3. The van der Waals surface area contributed by atoms with Gasteiger partial charge in [-0.1, -0.05) is 23.7 Å². The molecule has 0 amide bonds. The number of rotatable bonds is 4. The molecular formula is C14H12ClFN2O2. The zero-order valence-corrected chi connectivity index (χ0v) is 11.4. The lowest BCUT2D eigenvalue weighted by atomic mass is 10.1. The van der Waals surface area contributed by atoms with Gasteiger partial charge in [-0.3, -0.25) is 10.1 Å². The van der Waals surface area contributed by atoms with Crippen LogP contribution in [0, 0.1) is 15.9 Å². The van der Waals surface area contributed by atoms with Gasteiger partial charge in [-0.15, -0.1) is 0 Å². The number of non-ortho nitro benzene ring substituents is 1. The van der Waals surface area contributed by atoms with Crippen molar-refractivity contribution in [3.63, 3.8) is 0 Å². The molecule has 0 saturated carbocycles. The highest BCUT2D eigenvalue weighted by molar-refractivity contribution is 6.33. The summed E-state index contributed by atoms with van der Waals surface area (Å²) in [6.07, 6.45) is 0. The van der Waals surface area contributed by atoms with Gasteiger partial charge in [0.05, 0.1) is 15.6 Å². The second kappa shape index (κ2) is 5.88. The summed E-state index contributed by atoms with van der Waals surface area (Å²) in [5.74, 6) is -0.400. The van der Waals surface area contributed by atoms with Gasteiger partial charge in [-0.25, -0.2) is 4.39 Å². The van der Waals surface area contributed by atoms with Crippen LogP contribution >= 0.6 is 11.6 Å². The van der Waals surface area contributed by atoms with Gasteiger partial charge in [0.2, 0.25) is 0 Å². The van der Waals surface area contributed by atoms with E-state index in [1.54, 1.807) is 12.1 Å². The Morgan fingerprint density at radius 2 is 2.05 bits per heavy atom. The van der Waals surface area contributed by atoms with Gasteiger partial charge >= 0.3 is 0 Å². The van der Waals surface area contributed by atoms with Gasteiger partial charge in [-0.05, 0) is 30.7 Å². The van der Waals surface area contributed by atoms with Crippen LogP contribution < -0.4 is 5.32 Å². The number of nitro groups is 1. The van der Waals surface area contributed by atoms with Crippen LogP contribution in [0.5, 0.6) is 0 Å². The molecule has 2 aromatic rings. The van der Waals surface area contributed by atoms with Gasteiger partial charge < -0.3 is 5.32 Å². The van der Waals surface area contributed by atoms with Gasteiger partial charge in [0.25, 0.3) is 5.69 Å². The predicted octanol–water partition coefficient (Wildman–Crippen LogP) is 4.56. The first-order chi connectivity index (χ1) is 9.47. The maximum absolute atomic E-state index is 13.2. The topological polar surface area (TPSA) is 55.2 Å². The van der Waals surface area contributed by atoms with Crippen molar-refractivity contribution in [1.82, 2.24) is 0 Å². The van der Waals surface area contributed by atoms with E-state index in [1.165, 1.54) is 30.3 Å². The number of hydrogen-bond acceptors (Lipinski definition) is 3. The van der Waals surface area contributed by atoms with E-state index < -0.39 is 10.7 Å². The Balaban J connectivity index is 2.23. The molecule has 0 spiro atoms. The molecule has 2 rings (SSSR count). The maximum Gasteiger partial charge on any atom is 0.269 e. The number of nitrogens with zero attached hydrogens (tertiary/aromatic N) is 1. The number of nitrogens with one attached hydrogen (secondary N) is 1. The van der Waals surface area contributed by atoms with Gasteiger partial charge in [0.1, 0.15) is 5.82 Å². The minimum absolute atomic E-state index is 0.0153. The summed E-state index contributed by atoms with van der Waals surface area (Å²) in [6, 6.07) is 10.0. The smallest absolute Gasteiger partial charge is 0.269 e. The van der Waals surface area contributed by atoms with E-state index in [0.29, 0.717) is 10.7 Å². The molecule has 20 heavy (non-hydrogen) atoms. The first-order valence-corrected chi connectivity index (χ1v) is 6.31. The van der Waals surface area contributed by atoms with E-state index in [-0.39, 0.29) is 11.7 Å². The Hall–Kier alpha value is -2.14. The van der Waals surface area contributed by atoms with Crippen molar-refractivity contribution < 1.29 is 9.31 Å². The number of hydrogen-bond donors (Lipinski definition) is 1. The summed E-state index contributed by atoms with van der Waals surface area (Å²) >= 11 is 5.97. The molecule has 1 atom stereocenters. The Labute approximate surface area is 120 Å². The average Bonchev–Trinajstić information content (AvgIpc) is 2.43. The number of anilines is 1. The van der Waals surface area contributed by atoms with Crippen molar-refractivity contribution in [3.8, 4) is 0 Å². The quantitative estimate of drug-likeness (QED) is 0.664. The number of benzene rings is 2. The summed E-state index contributed by atoms with van der Waals surface area (Å²) in [4.78, 5) is 10.3. The second-order valence-corrected chi connectivity index (χ2v) is 4.75. The molecule has 0 saturated heterocycles. The zero-order chi connectivity index (χ0) is 14.7. The van der Waals surface area contributed by atoms with E-state index >= 15 is 0 Å². The van der Waals surface area contributed by atoms with E-state index in [1.807, 2.05) is 6.92 Å². The lowest BCUT2D eigenvalue weighted by Gasteiger charge is -2.16. The highest BCUT2D eigenvalue weighted by atomic mass is 35.5. The van der Waals surface area contributed by atoms with Crippen LogP contribution in [0.4, 0.5) is 15.8 Å². The molecule has 0 radical (unpaired) electrons. The van der Waals surface area contributed by atoms with Crippen LogP contribution in [0.15, 0.2) is 42.5 Å². The molecule has 104 valence electrons. The Morgan fingerprint density at radius 1 is 1.30 bits per heavy atom. The second-order valence-electron chi connectivity index (χ2n) is 4.34. The first-order valence-electron chi connectivity index (χ1n) is 5.93. The third-order valence-corrected chi connectivity index (χ3v) is 3.21. The fourth-order valence-corrected chi connectivity index (χ4v) is 2.00. The third-order valence-electron chi connectivity index (χ3n) is 2.88. The molecule has 4 nitrogen and oxygen atoms in total. The van der Waals surface area contributed by atoms with Crippen LogP contribution in [0.25, 0.3) is 0 Å². The third kappa shape index (κ3) is 3.24. The molecule has 0 aliphatic heterocycles. The average molecular weight is 295 g/mol. The molecule has 2 aromatic carbocycles. The SMILES string of the molecule is CC(Nc1cc(F)ccc1Cl)c1cccc([N+](=O)[O-])c1. The molecule has 0 fully saturated rings. The van der Waals surface area contributed by atoms with Gasteiger partial charge in [0, 0.05) is 18.2 Å². The van der Waals surface area contributed by atoms with Crippen LogP contribution in [-0.4, -0.2) is 4.92 Å². The fourth-order valence-electron chi connectivity index (χ4n) is 1.83. The Bertz CT molecular complexity index is 649. The van der Waals surface area contributed by atoms with Crippen LogP contribution in [0.2, 0.25) is 5.02 Å². The minimum Gasteiger partial charge on any atom is -0.377 e. The van der Waals surface area contributed by atoms with E-state index in [0.717, 1.165) is 5.56 Å². The number of halogens is 2. The predicted molar refractivity (Wildman–Crippen MR) is 76.5 cm³/mol. The lowest BCUT2D eigenvalue weighted by molar-refractivity contribution is -0.384. The van der Waals surface area contributed by atoms with Gasteiger partial charge in [0.15, 0.2) is 0 Å². The molecule has 0 heterocycles. The fraction of sp³-hybridized carbons (Fsp3) is 0.143. The van der Waals surface area contributed by atoms with Crippen LogP contribution in [0.3, 0.4) is 0 Å². The standard InChI is InChI=1S/C14H12ClFN2O2/c1-9(10-3-2-4-12(7-10)18(19)20)17-14-8-11(16)5-6-13(14)15/h2-9,17H,1H3. The molecule has 0 aliphatic rings. The molecule has 0 aromatic heterocycles. The van der Waals surface area contributed by atoms with Crippen molar-refractivity contribution in [2.24, 2.45) is 0 Å². The van der Waals surface area contributed by atoms with Crippen molar-refractivity contribution in [1.29, 1.82) is 0 Å². The van der Waals surface area contributed by atoms with E-state index in [2.05, 4.69) is 5.32 Å². The summed E-state index contributed by atoms with van der Waals surface area (Å²) in [6.45, 7) is 1.82. The zero-order valence-electron chi connectivity index (χ0n) is 10.6. The summed E-state index contributed by atoms with van der Waals surface area (Å²) in [5.41, 5.74) is 1.19. The molecule has 6 heteroatoms. The van der Waals surface area contributed by atoms with Crippen molar-refractivity contribution in [2.75, 3.05) is 5.32 Å². The molecule has 0 bridgehead atoms. The van der Waals surface area contributed by atoms with Crippen molar-refractivity contribution in [3.05, 3.63) is 69.0 Å².